The molecule has 0 bridgehead atoms. The number of carbonyl (C=O) groups is 1. The fourth-order valence-corrected chi connectivity index (χ4v) is 3.19. The number of anilines is 1. The number of carbonyl (C=O) groups excluding carboxylic acids is 1. The molecular formula is C18H17ClFN7O3. The summed E-state index contributed by atoms with van der Waals surface area (Å²) in [6.45, 7) is 0.811. The summed E-state index contributed by atoms with van der Waals surface area (Å²) in [5, 5.41) is 20.6. The van der Waals surface area contributed by atoms with Crippen LogP contribution in [0.25, 0.3) is 22.6 Å². The monoisotopic (exact) mass is 433 g/mol. The van der Waals surface area contributed by atoms with E-state index in [1.807, 2.05) is 0 Å². The zero-order valence-corrected chi connectivity index (χ0v) is 16.3. The number of aliphatic hydroxyl groups is 1. The summed E-state index contributed by atoms with van der Waals surface area (Å²) >= 11 is 5.47. The quantitative estimate of drug-likeness (QED) is 0.539. The summed E-state index contributed by atoms with van der Waals surface area (Å²) in [5.74, 6) is -0.0458. The predicted molar refractivity (Wildman–Crippen MR) is 105 cm³/mol. The molecule has 0 saturated carbocycles. The minimum Gasteiger partial charge on any atom is -0.441 e. The maximum atomic E-state index is 14.8. The summed E-state index contributed by atoms with van der Waals surface area (Å²) in [6, 6.07) is 7.85. The first-order valence-corrected chi connectivity index (χ1v) is 9.43. The van der Waals surface area contributed by atoms with E-state index in [0.29, 0.717) is 41.4 Å². The van der Waals surface area contributed by atoms with E-state index in [1.54, 1.807) is 28.9 Å². The van der Waals surface area contributed by atoms with Gasteiger partial charge in [0.05, 0.1) is 25.4 Å². The van der Waals surface area contributed by atoms with Gasteiger partial charge in [-0.05, 0) is 46.5 Å². The lowest BCUT2D eigenvalue weighted by Crippen LogP contribution is -2.25. The van der Waals surface area contributed by atoms with E-state index in [4.69, 9.17) is 21.6 Å². The van der Waals surface area contributed by atoms with E-state index >= 15 is 0 Å². The number of ether oxygens (including phenoxy) is 1. The molecule has 0 unspecified atom stereocenters. The molecule has 0 aliphatic carbocycles. The molecule has 3 aromatic rings. The maximum absolute atomic E-state index is 14.8. The van der Waals surface area contributed by atoms with E-state index in [9.17, 15) is 9.18 Å². The molecule has 3 heterocycles. The van der Waals surface area contributed by atoms with E-state index in [0.717, 1.165) is 0 Å². The van der Waals surface area contributed by atoms with E-state index < -0.39 is 18.0 Å². The van der Waals surface area contributed by atoms with Crippen molar-refractivity contribution in [2.75, 3.05) is 24.6 Å². The van der Waals surface area contributed by atoms with Crippen molar-refractivity contribution in [3.05, 3.63) is 42.3 Å². The van der Waals surface area contributed by atoms with Crippen LogP contribution < -0.4 is 9.74 Å². The van der Waals surface area contributed by atoms with E-state index in [2.05, 4.69) is 25.3 Å². The third-order valence-corrected chi connectivity index (χ3v) is 4.78. The molecule has 30 heavy (non-hydrogen) atoms. The molecule has 1 aromatic carbocycles. The third-order valence-electron chi connectivity index (χ3n) is 4.60. The Labute approximate surface area is 175 Å². The average Bonchev–Trinajstić information content (AvgIpc) is 3.38. The van der Waals surface area contributed by atoms with Gasteiger partial charge in [-0.2, -0.15) is 0 Å². The van der Waals surface area contributed by atoms with Gasteiger partial charge in [0.1, 0.15) is 17.6 Å². The molecule has 1 amide bonds. The number of pyridine rings is 1. The number of amides is 1. The van der Waals surface area contributed by atoms with Gasteiger partial charge in [-0.25, -0.2) is 18.7 Å². The minimum atomic E-state index is -0.617. The molecule has 12 heteroatoms. The Kier molecular flexibility index (Phi) is 5.84. The standard InChI is InChI=1S/C18H17ClFN7O3/c19-22-5-6-27-17(23-24-25-27)16-4-1-11(8-21-16)14-3-2-12(7-15(14)20)26-9-13(10-28)30-18(26)29/h1-4,7-8,13,22,28H,5-6,9-10H2/t13-/m1/s1. The lowest BCUT2D eigenvalue weighted by Gasteiger charge is -2.14. The van der Waals surface area contributed by atoms with Gasteiger partial charge in [0, 0.05) is 23.9 Å². The number of tetrazole rings is 1. The van der Waals surface area contributed by atoms with Crippen LogP contribution in [0, 0.1) is 5.82 Å². The molecule has 156 valence electrons. The Balaban J connectivity index is 1.55. The molecule has 4 rings (SSSR count). The van der Waals surface area contributed by atoms with Crippen LogP contribution in [-0.2, 0) is 11.3 Å². The second-order valence-corrected chi connectivity index (χ2v) is 6.77. The van der Waals surface area contributed by atoms with Crippen LogP contribution >= 0.6 is 11.8 Å². The summed E-state index contributed by atoms with van der Waals surface area (Å²) in [6.07, 6.45) is 0.293. The number of nitrogens with one attached hydrogen (secondary N) is 1. The summed E-state index contributed by atoms with van der Waals surface area (Å²) in [5.41, 5.74) is 1.77. The van der Waals surface area contributed by atoms with Gasteiger partial charge < -0.3 is 9.84 Å². The number of rotatable bonds is 7. The highest BCUT2D eigenvalue weighted by molar-refractivity contribution is 6.13. The summed E-state index contributed by atoms with van der Waals surface area (Å²) < 4.78 is 21.3. The SMILES string of the molecule is O=C1O[C@@H](CO)CN1c1ccc(-c2ccc(-c3nnnn3CCNCl)nc2)c(F)c1. The fraction of sp³-hybridized carbons (Fsp3) is 0.278. The molecule has 1 atom stereocenters. The van der Waals surface area contributed by atoms with Crippen LogP contribution in [-0.4, -0.2) is 62.2 Å². The minimum absolute atomic E-state index is 0.165. The van der Waals surface area contributed by atoms with Gasteiger partial charge in [0.25, 0.3) is 0 Å². The van der Waals surface area contributed by atoms with Crippen molar-refractivity contribution >= 4 is 23.6 Å². The Morgan fingerprint density at radius 3 is 2.87 bits per heavy atom. The molecule has 1 saturated heterocycles. The van der Waals surface area contributed by atoms with Crippen LogP contribution in [0.4, 0.5) is 14.9 Å². The second-order valence-electron chi connectivity index (χ2n) is 6.50. The zero-order valence-electron chi connectivity index (χ0n) is 15.6. The topological polar surface area (TPSA) is 118 Å². The van der Waals surface area contributed by atoms with Crippen LogP contribution in [0.15, 0.2) is 36.5 Å². The number of hydrogen-bond acceptors (Lipinski definition) is 8. The van der Waals surface area contributed by atoms with Crippen molar-refractivity contribution in [3.63, 3.8) is 0 Å². The molecule has 1 aliphatic heterocycles. The highest BCUT2D eigenvalue weighted by Crippen LogP contribution is 2.29. The Morgan fingerprint density at radius 1 is 1.33 bits per heavy atom. The van der Waals surface area contributed by atoms with Crippen LogP contribution in [0.5, 0.6) is 0 Å². The molecule has 2 aromatic heterocycles. The zero-order chi connectivity index (χ0) is 21.1. The first-order chi connectivity index (χ1) is 14.6. The van der Waals surface area contributed by atoms with E-state index in [1.165, 1.54) is 17.2 Å². The van der Waals surface area contributed by atoms with Gasteiger partial charge in [-0.1, -0.05) is 6.07 Å². The van der Waals surface area contributed by atoms with Crippen LogP contribution in [0.1, 0.15) is 0 Å². The number of benzene rings is 1. The first-order valence-electron chi connectivity index (χ1n) is 9.05. The lowest BCUT2D eigenvalue weighted by atomic mass is 10.1. The van der Waals surface area contributed by atoms with Crippen molar-refractivity contribution in [2.24, 2.45) is 0 Å². The first kappa shape index (κ1) is 20.1. The van der Waals surface area contributed by atoms with Gasteiger partial charge in [-0.3, -0.25) is 9.88 Å². The van der Waals surface area contributed by atoms with Crippen molar-refractivity contribution in [3.8, 4) is 22.6 Å². The maximum Gasteiger partial charge on any atom is 0.414 e. The van der Waals surface area contributed by atoms with Crippen LogP contribution in [0.3, 0.4) is 0 Å². The van der Waals surface area contributed by atoms with Gasteiger partial charge >= 0.3 is 6.09 Å². The summed E-state index contributed by atoms with van der Waals surface area (Å²) in [4.78, 5) is 20.0. The largest absolute Gasteiger partial charge is 0.441 e. The summed E-state index contributed by atoms with van der Waals surface area (Å²) in [7, 11) is 0. The molecule has 0 radical (unpaired) electrons. The number of halogens is 2. The molecule has 1 fully saturated rings. The van der Waals surface area contributed by atoms with E-state index in [-0.39, 0.29) is 13.2 Å². The predicted octanol–water partition coefficient (Wildman–Crippen LogP) is 1.60. The highest BCUT2D eigenvalue weighted by Gasteiger charge is 2.32. The highest BCUT2D eigenvalue weighted by atomic mass is 35.5. The third kappa shape index (κ3) is 3.95. The average molecular weight is 434 g/mol. The smallest absolute Gasteiger partial charge is 0.414 e. The molecule has 10 nitrogen and oxygen atoms in total. The number of nitrogens with zero attached hydrogens (tertiary/aromatic N) is 6. The fourth-order valence-electron chi connectivity index (χ4n) is 3.11. The number of aromatic nitrogens is 5. The Bertz CT molecular complexity index is 1050. The van der Waals surface area contributed by atoms with Gasteiger partial charge in [0.2, 0.25) is 5.82 Å². The number of cyclic esters (lactones) is 1. The molecule has 0 spiro atoms. The Morgan fingerprint density at radius 2 is 2.20 bits per heavy atom. The van der Waals surface area contributed by atoms with Crippen molar-refractivity contribution in [1.29, 1.82) is 0 Å². The normalized spacial score (nSPS) is 16.2. The lowest BCUT2D eigenvalue weighted by molar-refractivity contribution is 0.0963. The number of hydrogen-bond donors (Lipinski definition) is 2. The van der Waals surface area contributed by atoms with Gasteiger partial charge in [-0.15, -0.1) is 5.10 Å². The second kappa shape index (κ2) is 8.69. The molecular weight excluding hydrogens is 417 g/mol. The van der Waals surface area contributed by atoms with Crippen molar-refractivity contribution in [1.82, 2.24) is 30.0 Å². The Hall–Kier alpha value is -3.15. The van der Waals surface area contributed by atoms with Crippen LogP contribution in [0.2, 0.25) is 0 Å². The van der Waals surface area contributed by atoms with Crippen molar-refractivity contribution < 1.29 is 19.0 Å². The van der Waals surface area contributed by atoms with Crippen molar-refractivity contribution in [2.45, 2.75) is 12.6 Å². The number of aliphatic hydroxyl groups excluding tert-OH is 1. The molecule has 1 aliphatic rings. The molecule has 2 N–H and O–H groups in total. The van der Waals surface area contributed by atoms with Gasteiger partial charge in [0.15, 0.2) is 0 Å².